The molecule has 2 aromatic rings. The zero-order chi connectivity index (χ0) is 10.1. The molecular formula is C8H4ClNO4. The average Bonchev–Trinajstić information content (AvgIpc) is 2.70. The van der Waals surface area contributed by atoms with E-state index >= 15 is 0 Å². The number of hydrogen-bond acceptors (Lipinski definition) is 4. The molecule has 2 heterocycles. The van der Waals surface area contributed by atoms with Crippen molar-refractivity contribution in [2.75, 3.05) is 0 Å². The lowest BCUT2D eigenvalue weighted by molar-refractivity contribution is 0.0690. The quantitative estimate of drug-likeness (QED) is 0.828. The zero-order valence-corrected chi connectivity index (χ0v) is 7.49. The Kier molecular flexibility index (Phi) is 2.01. The van der Waals surface area contributed by atoms with Crippen molar-refractivity contribution < 1.29 is 18.7 Å². The number of nitrogens with zero attached hydrogens (tertiary/aromatic N) is 1. The molecule has 14 heavy (non-hydrogen) atoms. The summed E-state index contributed by atoms with van der Waals surface area (Å²) in [5.41, 5.74) is -0.174. The summed E-state index contributed by atoms with van der Waals surface area (Å²) in [6, 6.07) is 3.06. The van der Waals surface area contributed by atoms with Crippen molar-refractivity contribution in [1.29, 1.82) is 0 Å². The first kappa shape index (κ1) is 8.83. The van der Waals surface area contributed by atoms with Crippen LogP contribution in [0.3, 0.4) is 0 Å². The first-order valence-electron chi connectivity index (χ1n) is 3.61. The fourth-order valence-electron chi connectivity index (χ4n) is 0.914. The number of halogens is 1. The predicted molar refractivity (Wildman–Crippen MR) is 46.2 cm³/mol. The summed E-state index contributed by atoms with van der Waals surface area (Å²) in [7, 11) is 0. The van der Waals surface area contributed by atoms with E-state index in [1.165, 1.54) is 6.07 Å². The van der Waals surface area contributed by atoms with E-state index in [0.29, 0.717) is 5.76 Å². The van der Waals surface area contributed by atoms with Gasteiger partial charge >= 0.3 is 5.97 Å². The van der Waals surface area contributed by atoms with Crippen LogP contribution in [0.5, 0.6) is 0 Å². The summed E-state index contributed by atoms with van der Waals surface area (Å²) in [4.78, 5) is 14.1. The molecule has 6 heteroatoms. The topological polar surface area (TPSA) is 76.5 Å². The van der Waals surface area contributed by atoms with Crippen molar-refractivity contribution in [3.05, 3.63) is 29.3 Å². The maximum absolute atomic E-state index is 10.5. The summed E-state index contributed by atoms with van der Waals surface area (Å²) < 4.78 is 9.86. The number of oxazole rings is 1. The standard InChI is InChI=1S/C8H4ClNO4/c9-6-2-1-5(14-6)7-10-4(3-13-7)8(11)12/h1-3H,(H,11,12). The molecule has 0 aliphatic rings. The second kappa shape index (κ2) is 3.19. The fourth-order valence-corrected chi connectivity index (χ4v) is 1.06. The van der Waals surface area contributed by atoms with E-state index < -0.39 is 5.97 Å². The number of carboxylic acids is 1. The van der Waals surface area contributed by atoms with Crippen LogP contribution in [-0.2, 0) is 0 Å². The number of aromatic nitrogens is 1. The van der Waals surface area contributed by atoms with E-state index in [9.17, 15) is 4.79 Å². The van der Waals surface area contributed by atoms with Gasteiger partial charge in [0.15, 0.2) is 16.7 Å². The molecule has 0 unspecified atom stereocenters. The molecule has 72 valence electrons. The third-order valence-electron chi connectivity index (χ3n) is 1.51. The van der Waals surface area contributed by atoms with Gasteiger partial charge in [0.2, 0.25) is 0 Å². The number of hydrogen-bond donors (Lipinski definition) is 1. The van der Waals surface area contributed by atoms with Gasteiger partial charge in [-0.25, -0.2) is 4.79 Å². The summed E-state index contributed by atoms with van der Waals surface area (Å²) in [6.07, 6.45) is 1.04. The van der Waals surface area contributed by atoms with E-state index in [-0.39, 0.29) is 16.8 Å². The third-order valence-corrected chi connectivity index (χ3v) is 1.71. The Labute approximate surface area is 82.9 Å². The van der Waals surface area contributed by atoms with E-state index in [4.69, 9.17) is 25.5 Å². The molecule has 0 saturated heterocycles. The van der Waals surface area contributed by atoms with E-state index in [2.05, 4.69) is 4.98 Å². The molecule has 0 bridgehead atoms. The number of aromatic carboxylic acids is 1. The maximum Gasteiger partial charge on any atom is 0.357 e. The van der Waals surface area contributed by atoms with Crippen molar-refractivity contribution >= 4 is 17.6 Å². The highest BCUT2D eigenvalue weighted by atomic mass is 35.5. The van der Waals surface area contributed by atoms with Gasteiger partial charge in [0.05, 0.1) is 0 Å². The summed E-state index contributed by atoms with van der Waals surface area (Å²) in [5.74, 6) is -0.769. The van der Waals surface area contributed by atoms with Gasteiger partial charge in [-0.05, 0) is 23.7 Å². The van der Waals surface area contributed by atoms with Crippen molar-refractivity contribution in [3.8, 4) is 11.7 Å². The van der Waals surface area contributed by atoms with Crippen LogP contribution in [0.15, 0.2) is 27.2 Å². The Hall–Kier alpha value is -1.75. The molecule has 0 aliphatic carbocycles. The molecule has 0 radical (unpaired) electrons. The lowest BCUT2D eigenvalue weighted by atomic mass is 10.4. The van der Waals surface area contributed by atoms with Gasteiger partial charge in [0, 0.05) is 0 Å². The molecule has 0 atom stereocenters. The van der Waals surface area contributed by atoms with E-state index in [0.717, 1.165) is 6.26 Å². The van der Waals surface area contributed by atoms with E-state index in [1.54, 1.807) is 6.07 Å². The minimum atomic E-state index is -1.15. The van der Waals surface area contributed by atoms with Crippen LogP contribution in [0.25, 0.3) is 11.7 Å². The molecule has 1 N–H and O–H groups in total. The van der Waals surface area contributed by atoms with Crippen LogP contribution in [0.1, 0.15) is 10.5 Å². The van der Waals surface area contributed by atoms with Crippen LogP contribution in [0.2, 0.25) is 5.22 Å². The van der Waals surface area contributed by atoms with Crippen LogP contribution in [-0.4, -0.2) is 16.1 Å². The third kappa shape index (κ3) is 1.49. The molecule has 2 rings (SSSR count). The van der Waals surface area contributed by atoms with Gasteiger partial charge in [-0.15, -0.1) is 0 Å². The predicted octanol–water partition coefficient (Wildman–Crippen LogP) is 2.29. The molecule has 0 aromatic carbocycles. The highest BCUT2D eigenvalue weighted by Gasteiger charge is 2.14. The fraction of sp³-hybridized carbons (Fsp3) is 0. The van der Waals surface area contributed by atoms with Gasteiger partial charge in [-0.1, -0.05) is 0 Å². The van der Waals surface area contributed by atoms with Gasteiger partial charge < -0.3 is 13.9 Å². The molecule has 0 spiro atoms. The molecule has 0 saturated carbocycles. The van der Waals surface area contributed by atoms with Crippen LogP contribution in [0, 0.1) is 0 Å². The number of rotatable bonds is 2. The molecule has 2 aromatic heterocycles. The number of carbonyl (C=O) groups is 1. The monoisotopic (exact) mass is 213 g/mol. The zero-order valence-electron chi connectivity index (χ0n) is 6.73. The number of carboxylic acid groups (broad SMARTS) is 1. The largest absolute Gasteiger partial charge is 0.476 e. The molecular weight excluding hydrogens is 210 g/mol. The minimum absolute atomic E-state index is 0.0919. The first-order chi connectivity index (χ1) is 6.66. The number of furan rings is 1. The maximum atomic E-state index is 10.5. The lowest BCUT2D eigenvalue weighted by Crippen LogP contribution is -1.95. The lowest BCUT2D eigenvalue weighted by Gasteiger charge is -1.85. The van der Waals surface area contributed by atoms with Gasteiger partial charge in [0.25, 0.3) is 5.89 Å². The van der Waals surface area contributed by atoms with Gasteiger partial charge in [0.1, 0.15) is 6.26 Å². The van der Waals surface area contributed by atoms with Crippen molar-refractivity contribution in [1.82, 2.24) is 4.98 Å². The molecule has 0 amide bonds. The Morgan fingerprint density at radius 1 is 1.50 bits per heavy atom. The summed E-state index contributed by atoms with van der Waals surface area (Å²) in [5, 5.41) is 8.76. The van der Waals surface area contributed by atoms with Gasteiger partial charge in [-0.3, -0.25) is 0 Å². The van der Waals surface area contributed by atoms with Crippen molar-refractivity contribution in [2.45, 2.75) is 0 Å². The van der Waals surface area contributed by atoms with Crippen molar-refractivity contribution in [3.63, 3.8) is 0 Å². The summed E-state index contributed by atoms with van der Waals surface area (Å²) >= 11 is 5.53. The van der Waals surface area contributed by atoms with Crippen LogP contribution < -0.4 is 0 Å². The molecule has 0 fully saturated rings. The van der Waals surface area contributed by atoms with Gasteiger partial charge in [-0.2, -0.15) is 4.98 Å². The SMILES string of the molecule is O=C(O)c1coc(-c2ccc(Cl)o2)n1. The average molecular weight is 214 g/mol. The highest BCUT2D eigenvalue weighted by Crippen LogP contribution is 2.23. The van der Waals surface area contributed by atoms with Crippen molar-refractivity contribution in [2.24, 2.45) is 0 Å². The first-order valence-corrected chi connectivity index (χ1v) is 3.99. The van der Waals surface area contributed by atoms with E-state index in [1.807, 2.05) is 0 Å². The summed E-state index contributed by atoms with van der Waals surface area (Å²) in [6.45, 7) is 0. The second-order valence-corrected chi connectivity index (χ2v) is 2.82. The Bertz CT molecular complexity index is 473. The smallest absolute Gasteiger partial charge is 0.357 e. The van der Waals surface area contributed by atoms with Crippen LogP contribution in [0.4, 0.5) is 0 Å². The second-order valence-electron chi connectivity index (χ2n) is 2.45. The minimum Gasteiger partial charge on any atom is -0.476 e. The normalized spacial score (nSPS) is 10.4. The van der Waals surface area contributed by atoms with Crippen LogP contribution >= 0.6 is 11.6 Å². The highest BCUT2D eigenvalue weighted by molar-refractivity contribution is 6.28. The molecule has 5 nitrogen and oxygen atoms in total. The Morgan fingerprint density at radius 3 is 2.79 bits per heavy atom. The Balaban J connectivity index is 2.38. The Morgan fingerprint density at radius 2 is 2.29 bits per heavy atom. The molecule has 0 aliphatic heterocycles.